The van der Waals surface area contributed by atoms with Gasteiger partial charge in [0.2, 0.25) is 5.91 Å². The average molecular weight is 350 g/mol. The van der Waals surface area contributed by atoms with Crippen LogP contribution in [0.1, 0.15) is 24.2 Å². The third kappa shape index (κ3) is 3.51. The minimum Gasteiger partial charge on any atom is -0.324 e. The van der Waals surface area contributed by atoms with Gasteiger partial charge in [-0.05, 0) is 18.2 Å². The van der Waals surface area contributed by atoms with Gasteiger partial charge in [-0.1, -0.05) is 26.0 Å². The molecule has 0 fully saturated rings. The Hall–Kier alpha value is -3.35. The molecule has 2 heterocycles. The van der Waals surface area contributed by atoms with Crippen molar-refractivity contribution in [1.82, 2.24) is 14.5 Å². The van der Waals surface area contributed by atoms with Crippen LogP contribution in [0.2, 0.25) is 0 Å². The first-order valence-corrected chi connectivity index (χ1v) is 8.20. The number of fused-ring (bicyclic) bond motifs is 1. The number of carbonyl (C=O) groups is 2. The van der Waals surface area contributed by atoms with E-state index in [1.807, 2.05) is 6.07 Å². The minimum absolute atomic E-state index is 0.111. The first-order valence-electron chi connectivity index (χ1n) is 8.20. The van der Waals surface area contributed by atoms with Crippen molar-refractivity contribution >= 4 is 28.4 Å². The second-order valence-electron chi connectivity index (χ2n) is 6.16. The molecule has 0 atom stereocenters. The van der Waals surface area contributed by atoms with Crippen molar-refractivity contribution in [2.45, 2.75) is 20.4 Å². The fourth-order valence-electron chi connectivity index (χ4n) is 2.62. The number of aromatic nitrogens is 3. The standard InChI is InChI=1S/C19H18N4O3/c1-12(2)19(26)13-9-20-8-7-14(13)22-17(24)11-23-16-6-4-3-5-15(16)21-10-18(23)25/h3-10,12H,11H2,1-2H3,(H,20,22,24). The third-order valence-corrected chi connectivity index (χ3v) is 3.94. The zero-order valence-electron chi connectivity index (χ0n) is 14.5. The van der Waals surface area contributed by atoms with Crippen LogP contribution >= 0.6 is 0 Å². The molecule has 0 saturated heterocycles. The number of nitrogens with one attached hydrogen (secondary N) is 1. The minimum atomic E-state index is -0.410. The highest BCUT2D eigenvalue weighted by molar-refractivity contribution is 6.05. The van der Waals surface area contributed by atoms with E-state index < -0.39 is 5.91 Å². The maximum absolute atomic E-state index is 12.5. The molecule has 1 aromatic carbocycles. The fourth-order valence-corrected chi connectivity index (χ4v) is 2.62. The SMILES string of the molecule is CC(C)C(=O)c1cnccc1NC(=O)Cn1c(=O)cnc2ccccc21. The van der Waals surface area contributed by atoms with E-state index in [0.29, 0.717) is 22.3 Å². The summed E-state index contributed by atoms with van der Waals surface area (Å²) in [5, 5.41) is 2.71. The largest absolute Gasteiger partial charge is 0.324 e. The molecule has 7 nitrogen and oxygen atoms in total. The lowest BCUT2D eigenvalue weighted by molar-refractivity contribution is -0.116. The molecule has 7 heteroatoms. The summed E-state index contributed by atoms with van der Waals surface area (Å²) < 4.78 is 1.35. The molecule has 2 aromatic heterocycles. The van der Waals surface area contributed by atoms with Crippen LogP contribution in [-0.4, -0.2) is 26.2 Å². The van der Waals surface area contributed by atoms with Crippen molar-refractivity contribution in [1.29, 1.82) is 0 Å². The molecule has 0 spiro atoms. The van der Waals surface area contributed by atoms with E-state index in [1.165, 1.54) is 23.2 Å². The summed E-state index contributed by atoms with van der Waals surface area (Å²) >= 11 is 0. The van der Waals surface area contributed by atoms with E-state index in [9.17, 15) is 14.4 Å². The number of carbonyl (C=O) groups excluding carboxylic acids is 2. The topological polar surface area (TPSA) is 94.0 Å². The van der Waals surface area contributed by atoms with Crippen molar-refractivity contribution in [2.75, 3.05) is 5.32 Å². The lowest BCUT2D eigenvalue weighted by Gasteiger charge is -2.13. The Morgan fingerprint density at radius 3 is 2.69 bits per heavy atom. The van der Waals surface area contributed by atoms with Gasteiger partial charge >= 0.3 is 0 Å². The third-order valence-electron chi connectivity index (χ3n) is 3.94. The van der Waals surface area contributed by atoms with E-state index in [-0.39, 0.29) is 23.8 Å². The van der Waals surface area contributed by atoms with Crippen LogP contribution in [0.3, 0.4) is 0 Å². The molecule has 0 bridgehead atoms. The molecule has 0 saturated carbocycles. The molecule has 0 aliphatic heterocycles. The summed E-state index contributed by atoms with van der Waals surface area (Å²) in [6, 6.07) is 8.66. The summed E-state index contributed by atoms with van der Waals surface area (Å²) in [5.74, 6) is -0.742. The zero-order chi connectivity index (χ0) is 18.7. The number of pyridine rings is 1. The lowest BCUT2D eigenvalue weighted by atomic mass is 10.0. The van der Waals surface area contributed by atoms with Crippen LogP contribution in [0.25, 0.3) is 11.0 Å². The normalized spacial score (nSPS) is 10.9. The Bertz CT molecular complexity index is 1040. The van der Waals surface area contributed by atoms with Crippen molar-refractivity contribution in [2.24, 2.45) is 5.92 Å². The Kier molecular flexibility index (Phi) is 4.88. The van der Waals surface area contributed by atoms with Crippen LogP contribution in [0.15, 0.2) is 53.7 Å². The van der Waals surface area contributed by atoms with Crippen LogP contribution in [0.5, 0.6) is 0 Å². The molecular weight excluding hydrogens is 332 g/mol. The molecule has 3 aromatic rings. The van der Waals surface area contributed by atoms with Gasteiger partial charge in [0.1, 0.15) is 6.54 Å². The van der Waals surface area contributed by atoms with Gasteiger partial charge in [-0.3, -0.25) is 23.9 Å². The van der Waals surface area contributed by atoms with Crippen molar-refractivity contribution in [3.63, 3.8) is 0 Å². The molecule has 1 amide bonds. The van der Waals surface area contributed by atoms with Gasteiger partial charge in [0.25, 0.3) is 5.56 Å². The number of amides is 1. The Balaban J connectivity index is 1.89. The van der Waals surface area contributed by atoms with E-state index in [4.69, 9.17) is 0 Å². The Morgan fingerprint density at radius 2 is 1.92 bits per heavy atom. The second kappa shape index (κ2) is 7.26. The van der Waals surface area contributed by atoms with Crippen molar-refractivity contribution in [3.8, 4) is 0 Å². The van der Waals surface area contributed by atoms with Crippen LogP contribution < -0.4 is 10.9 Å². The molecule has 0 aliphatic carbocycles. The number of ketones is 1. The summed E-state index contributed by atoms with van der Waals surface area (Å²) in [4.78, 5) is 45.0. The highest BCUT2D eigenvalue weighted by Gasteiger charge is 2.17. The Labute approximate surface area is 149 Å². The monoisotopic (exact) mass is 350 g/mol. The number of benzene rings is 1. The molecular formula is C19H18N4O3. The highest BCUT2D eigenvalue weighted by atomic mass is 16.2. The molecule has 1 N–H and O–H groups in total. The summed E-state index contributed by atoms with van der Waals surface area (Å²) in [6.45, 7) is 3.38. The number of para-hydroxylation sites is 2. The molecule has 0 aliphatic rings. The quantitative estimate of drug-likeness (QED) is 0.713. The number of nitrogens with zero attached hydrogens (tertiary/aromatic N) is 3. The van der Waals surface area contributed by atoms with E-state index in [2.05, 4.69) is 15.3 Å². The van der Waals surface area contributed by atoms with Crippen molar-refractivity contribution in [3.05, 3.63) is 64.8 Å². The predicted molar refractivity (Wildman–Crippen MR) is 98.0 cm³/mol. The van der Waals surface area contributed by atoms with E-state index >= 15 is 0 Å². The molecule has 26 heavy (non-hydrogen) atoms. The predicted octanol–water partition coefficient (Wildman–Crippen LogP) is 2.27. The van der Waals surface area contributed by atoms with Gasteiger partial charge in [-0.15, -0.1) is 0 Å². The fraction of sp³-hybridized carbons (Fsp3) is 0.211. The molecule has 0 unspecified atom stereocenters. The number of Topliss-reactive ketones (excluding diaryl/α,β-unsaturated/α-hetero) is 1. The summed E-state index contributed by atoms with van der Waals surface area (Å²) in [7, 11) is 0. The maximum atomic E-state index is 12.5. The van der Waals surface area contributed by atoms with Crippen molar-refractivity contribution < 1.29 is 9.59 Å². The zero-order valence-corrected chi connectivity index (χ0v) is 14.5. The van der Waals surface area contributed by atoms with Crippen LogP contribution in [0.4, 0.5) is 5.69 Å². The van der Waals surface area contributed by atoms with Gasteiger partial charge < -0.3 is 5.32 Å². The van der Waals surface area contributed by atoms with Crippen LogP contribution in [-0.2, 0) is 11.3 Å². The second-order valence-corrected chi connectivity index (χ2v) is 6.16. The molecule has 0 radical (unpaired) electrons. The Morgan fingerprint density at radius 1 is 1.15 bits per heavy atom. The first kappa shape index (κ1) is 17.5. The maximum Gasteiger partial charge on any atom is 0.269 e. The van der Waals surface area contributed by atoms with Gasteiger partial charge in [-0.2, -0.15) is 0 Å². The van der Waals surface area contributed by atoms with Gasteiger partial charge in [0.05, 0.1) is 28.5 Å². The molecule has 132 valence electrons. The molecule has 3 rings (SSSR count). The number of hydrogen-bond acceptors (Lipinski definition) is 5. The van der Waals surface area contributed by atoms with Gasteiger partial charge in [0.15, 0.2) is 5.78 Å². The van der Waals surface area contributed by atoms with Crippen LogP contribution in [0, 0.1) is 5.92 Å². The lowest BCUT2D eigenvalue weighted by Crippen LogP contribution is -2.28. The number of anilines is 1. The van der Waals surface area contributed by atoms with Gasteiger partial charge in [-0.25, -0.2) is 4.98 Å². The highest BCUT2D eigenvalue weighted by Crippen LogP contribution is 2.18. The first-order chi connectivity index (χ1) is 12.5. The smallest absolute Gasteiger partial charge is 0.269 e. The summed E-state index contributed by atoms with van der Waals surface area (Å²) in [5.41, 5.74) is 1.56. The average Bonchev–Trinajstić information content (AvgIpc) is 2.64. The number of hydrogen-bond donors (Lipinski definition) is 1. The van der Waals surface area contributed by atoms with E-state index in [0.717, 1.165) is 0 Å². The number of rotatable bonds is 5. The summed E-state index contributed by atoms with van der Waals surface area (Å²) in [6.07, 6.45) is 4.13. The van der Waals surface area contributed by atoms with E-state index in [1.54, 1.807) is 38.1 Å². The van der Waals surface area contributed by atoms with Gasteiger partial charge in [0, 0.05) is 18.3 Å².